The van der Waals surface area contributed by atoms with Crippen LogP contribution in [0.15, 0.2) is 36.4 Å². The zero-order chi connectivity index (χ0) is 19.7. The van der Waals surface area contributed by atoms with E-state index in [-0.39, 0.29) is 18.4 Å². The first kappa shape index (κ1) is 17.4. The number of imide groups is 1. The van der Waals surface area contributed by atoms with Gasteiger partial charge in [0, 0.05) is 23.8 Å². The summed E-state index contributed by atoms with van der Waals surface area (Å²) in [6, 6.07) is 12.8. The van der Waals surface area contributed by atoms with Crippen LogP contribution >= 0.6 is 0 Å². The highest BCUT2D eigenvalue weighted by atomic mass is 16.5. The Labute approximate surface area is 162 Å². The summed E-state index contributed by atoms with van der Waals surface area (Å²) in [6.45, 7) is 1.82. The summed E-state index contributed by atoms with van der Waals surface area (Å²) in [5.41, 5.74) is -0.422. The van der Waals surface area contributed by atoms with E-state index in [4.69, 9.17) is 4.74 Å². The third-order valence-corrected chi connectivity index (χ3v) is 6.81. The van der Waals surface area contributed by atoms with E-state index < -0.39 is 23.0 Å². The van der Waals surface area contributed by atoms with E-state index in [1.165, 1.54) is 4.90 Å². The Hall–Kier alpha value is -2.75. The van der Waals surface area contributed by atoms with Crippen molar-refractivity contribution in [3.05, 3.63) is 42.0 Å². The van der Waals surface area contributed by atoms with Crippen molar-refractivity contribution in [1.29, 1.82) is 5.26 Å². The fourth-order valence-electron chi connectivity index (χ4n) is 5.61. The van der Waals surface area contributed by atoms with E-state index in [9.17, 15) is 20.0 Å². The Kier molecular flexibility index (Phi) is 3.49. The van der Waals surface area contributed by atoms with Gasteiger partial charge in [-0.05, 0) is 31.9 Å². The highest BCUT2D eigenvalue weighted by molar-refractivity contribution is 6.26. The van der Waals surface area contributed by atoms with Crippen molar-refractivity contribution < 1.29 is 19.4 Å². The van der Waals surface area contributed by atoms with Gasteiger partial charge in [0.05, 0.1) is 40.4 Å². The number of carbonyl (C=O) groups is 2. The Morgan fingerprint density at radius 2 is 1.86 bits per heavy atom. The lowest BCUT2D eigenvalue weighted by Gasteiger charge is -2.30. The summed E-state index contributed by atoms with van der Waals surface area (Å²) in [5.74, 6) is -1.61. The van der Waals surface area contributed by atoms with Crippen LogP contribution in [0.5, 0.6) is 0 Å². The second kappa shape index (κ2) is 5.63. The lowest BCUT2D eigenvalue weighted by molar-refractivity contribution is -0.131. The Balaban J connectivity index is 1.67. The molecule has 6 nitrogen and oxygen atoms in total. The number of ether oxygens (including phenoxy) is 1. The van der Waals surface area contributed by atoms with Crippen LogP contribution < -0.4 is 4.90 Å². The minimum absolute atomic E-state index is 0.0828. The molecule has 142 valence electrons. The summed E-state index contributed by atoms with van der Waals surface area (Å²) in [6.07, 6.45) is 1.73. The minimum atomic E-state index is -0.766. The van der Waals surface area contributed by atoms with Gasteiger partial charge in [-0.2, -0.15) is 5.26 Å². The molecular weight excluding hydrogens is 356 g/mol. The van der Waals surface area contributed by atoms with Gasteiger partial charge in [0.25, 0.3) is 0 Å². The Morgan fingerprint density at radius 1 is 1.14 bits per heavy atom. The van der Waals surface area contributed by atoms with Gasteiger partial charge in [0.2, 0.25) is 11.8 Å². The fourth-order valence-corrected chi connectivity index (χ4v) is 5.61. The summed E-state index contributed by atoms with van der Waals surface area (Å²) in [7, 11) is 0. The van der Waals surface area contributed by atoms with Crippen LogP contribution in [0.4, 0.5) is 5.69 Å². The number of benzene rings is 2. The maximum absolute atomic E-state index is 13.5. The van der Waals surface area contributed by atoms with E-state index in [0.717, 1.165) is 5.39 Å². The molecule has 3 heterocycles. The van der Waals surface area contributed by atoms with Gasteiger partial charge in [0.1, 0.15) is 0 Å². The number of nitriles is 1. The molecule has 4 atom stereocenters. The molecule has 3 aliphatic heterocycles. The van der Waals surface area contributed by atoms with Crippen molar-refractivity contribution in [1.82, 2.24) is 0 Å². The zero-order valence-corrected chi connectivity index (χ0v) is 15.5. The van der Waals surface area contributed by atoms with Crippen LogP contribution in [0, 0.1) is 23.2 Å². The molecule has 2 aromatic carbocycles. The predicted molar refractivity (Wildman–Crippen MR) is 101 cm³/mol. The molecule has 6 heteroatoms. The number of amides is 2. The van der Waals surface area contributed by atoms with Crippen LogP contribution in [-0.4, -0.2) is 34.7 Å². The molecule has 0 radical (unpaired) electrons. The Bertz CT molecular complexity index is 1070. The maximum Gasteiger partial charge on any atom is 0.240 e. The highest BCUT2D eigenvalue weighted by Gasteiger charge is 2.73. The molecule has 28 heavy (non-hydrogen) atoms. The summed E-state index contributed by atoms with van der Waals surface area (Å²) in [4.78, 5) is 28.2. The van der Waals surface area contributed by atoms with Gasteiger partial charge in [-0.3, -0.25) is 9.59 Å². The number of hydrogen-bond donors (Lipinski definition) is 1. The summed E-state index contributed by atoms with van der Waals surface area (Å²) >= 11 is 0. The average molecular weight is 376 g/mol. The van der Waals surface area contributed by atoms with Gasteiger partial charge in [-0.25, -0.2) is 4.90 Å². The first-order valence-corrected chi connectivity index (χ1v) is 9.56. The normalized spacial score (nSPS) is 33.5. The molecule has 0 aromatic heterocycles. The lowest BCUT2D eigenvalue weighted by Crippen LogP contribution is -2.42. The van der Waals surface area contributed by atoms with Crippen LogP contribution in [-0.2, 0) is 14.3 Å². The van der Waals surface area contributed by atoms with Crippen molar-refractivity contribution in [2.24, 2.45) is 11.8 Å². The largest absolute Gasteiger partial charge is 0.396 e. The predicted octanol–water partition coefficient (Wildman–Crippen LogP) is 2.52. The third-order valence-electron chi connectivity index (χ3n) is 6.81. The molecule has 2 bridgehead atoms. The smallest absolute Gasteiger partial charge is 0.240 e. The first-order chi connectivity index (χ1) is 13.5. The molecule has 3 unspecified atom stereocenters. The van der Waals surface area contributed by atoms with Crippen molar-refractivity contribution in [2.75, 3.05) is 11.5 Å². The van der Waals surface area contributed by atoms with Crippen LogP contribution in [0.25, 0.3) is 10.8 Å². The number of anilines is 1. The number of fused-ring (bicyclic) bond motifs is 6. The minimum Gasteiger partial charge on any atom is -0.396 e. The van der Waals surface area contributed by atoms with Crippen molar-refractivity contribution >= 4 is 28.3 Å². The van der Waals surface area contributed by atoms with Gasteiger partial charge in [-0.1, -0.05) is 24.3 Å². The second-order valence-electron chi connectivity index (χ2n) is 8.21. The van der Waals surface area contributed by atoms with E-state index in [2.05, 4.69) is 6.07 Å². The average Bonchev–Trinajstić information content (AvgIpc) is 3.26. The SMILES string of the molecule is CC12CCC(CCO)(O1)[C@@H]1C(=O)N(c3ccc(C#N)c4ccccc34)C(=O)C12. The number of rotatable bonds is 3. The monoisotopic (exact) mass is 376 g/mol. The second-order valence-corrected chi connectivity index (χ2v) is 8.21. The number of nitrogens with zero attached hydrogens (tertiary/aromatic N) is 2. The molecule has 0 aliphatic carbocycles. The maximum atomic E-state index is 13.5. The number of carbonyl (C=O) groups excluding carboxylic acids is 2. The third kappa shape index (κ3) is 1.98. The van der Waals surface area contributed by atoms with Crippen molar-refractivity contribution in [2.45, 2.75) is 37.4 Å². The molecular formula is C22H20N2O4. The van der Waals surface area contributed by atoms with E-state index in [0.29, 0.717) is 35.9 Å². The number of hydrogen-bond acceptors (Lipinski definition) is 5. The summed E-state index contributed by atoms with van der Waals surface area (Å²) in [5, 5.41) is 20.4. The van der Waals surface area contributed by atoms with E-state index >= 15 is 0 Å². The van der Waals surface area contributed by atoms with Gasteiger partial charge in [-0.15, -0.1) is 0 Å². The quantitative estimate of drug-likeness (QED) is 0.832. The van der Waals surface area contributed by atoms with Gasteiger partial charge in [0.15, 0.2) is 0 Å². The van der Waals surface area contributed by atoms with E-state index in [1.54, 1.807) is 12.1 Å². The van der Waals surface area contributed by atoms with Crippen LogP contribution in [0.3, 0.4) is 0 Å². The van der Waals surface area contributed by atoms with Gasteiger partial charge >= 0.3 is 0 Å². The van der Waals surface area contributed by atoms with Gasteiger partial charge < -0.3 is 9.84 Å². The number of aliphatic hydroxyl groups is 1. The molecule has 1 N–H and O–H groups in total. The first-order valence-electron chi connectivity index (χ1n) is 9.56. The molecule has 3 saturated heterocycles. The molecule has 3 fully saturated rings. The molecule has 0 spiro atoms. The zero-order valence-electron chi connectivity index (χ0n) is 15.5. The van der Waals surface area contributed by atoms with E-state index in [1.807, 2.05) is 31.2 Å². The lowest BCUT2D eigenvalue weighted by atomic mass is 9.67. The summed E-state index contributed by atoms with van der Waals surface area (Å²) < 4.78 is 6.23. The molecule has 0 saturated carbocycles. The molecule has 5 rings (SSSR count). The fraction of sp³-hybridized carbons (Fsp3) is 0.409. The highest BCUT2D eigenvalue weighted by Crippen LogP contribution is 2.62. The van der Waals surface area contributed by atoms with Crippen molar-refractivity contribution in [3.8, 4) is 6.07 Å². The number of aliphatic hydroxyl groups excluding tert-OH is 1. The van der Waals surface area contributed by atoms with Crippen molar-refractivity contribution in [3.63, 3.8) is 0 Å². The molecule has 2 amide bonds. The standard InChI is InChI=1S/C22H20N2O4/c1-21-8-9-22(28-21,10-11-25)18-17(21)19(26)24(20(18)27)16-7-6-13(12-23)14-4-2-3-5-15(14)16/h2-7,17-18,25H,8-11H2,1H3/t17?,18-,21?,22?/m0/s1. The topological polar surface area (TPSA) is 90.6 Å². The molecule has 2 aromatic rings. The Morgan fingerprint density at radius 3 is 2.57 bits per heavy atom. The molecule has 3 aliphatic rings. The van der Waals surface area contributed by atoms with Crippen LogP contribution in [0.1, 0.15) is 31.7 Å². The van der Waals surface area contributed by atoms with Crippen LogP contribution in [0.2, 0.25) is 0 Å².